The maximum absolute atomic E-state index is 11.5. The number of carbonyl (C=O) groups is 2. The minimum absolute atomic E-state index is 0.0191. The molecule has 0 bridgehead atoms. The van der Waals surface area contributed by atoms with Crippen molar-refractivity contribution in [2.24, 2.45) is 0 Å². The molecule has 0 radical (unpaired) electrons. The van der Waals surface area contributed by atoms with Gasteiger partial charge in [0.25, 0.3) is 0 Å². The monoisotopic (exact) mass is 212 g/mol. The van der Waals surface area contributed by atoms with E-state index >= 15 is 0 Å². The van der Waals surface area contributed by atoms with Crippen molar-refractivity contribution in [1.82, 2.24) is 10.2 Å². The van der Waals surface area contributed by atoms with Gasteiger partial charge in [0.1, 0.15) is 0 Å². The van der Waals surface area contributed by atoms with E-state index in [4.69, 9.17) is 0 Å². The summed E-state index contributed by atoms with van der Waals surface area (Å²) in [6.07, 6.45) is 4.16. The number of nitrogens with zero attached hydrogens (tertiary/aromatic N) is 1. The summed E-state index contributed by atoms with van der Waals surface area (Å²) in [5, 5.41) is 2.88. The molecule has 0 aromatic rings. The molecule has 0 aromatic heterocycles. The van der Waals surface area contributed by atoms with Crippen molar-refractivity contribution in [2.75, 3.05) is 13.1 Å². The van der Waals surface area contributed by atoms with Gasteiger partial charge in [0.15, 0.2) is 0 Å². The van der Waals surface area contributed by atoms with E-state index in [2.05, 4.69) is 12.2 Å². The zero-order chi connectivity index (χ0) is 11.3. The molecule has 86 valence electrons. The fourth-order valence-electron chi connectivity index (χ4n) is 1.37. The first kappa shape index (κ1) is 12.0. The molecule has 1 N–H and O–H groups in total. The van der Waals surface area contributed by atoms with Crippen LogP contribution in [0.25, 0.3) is 0 Å². The molecule has 1 fully saturated rings. The van der Waals surface area contributed by atoms with Gasteiger partial charge in [-0.15, -0.1) is 0 Å². The van der Waals surface area contributed by atoms with Crippen LogP contribution < -0.4 is 5.32 Å². The topological polar surface area (TPSA) is 49.4 Å². The summed E-state index contributed by atoms with van der Waals surface area (Å²) < 4.78 is 0. The number of unbranched alkanes of at least 4 members (excludes halogenated alkanes) is 1. The molecule has 1 aliphatic rings. The van der Waals surface area contributed by atoms with E-state index < -0.39 is 0 Å². The highest BCUT2D eigenvalue weighted by Gasteiger charge is 2.24. The Bertz CT molecular complexity index is 237. The van der Waals surface area contributed by atoms with Crippen molar-refractivity contribution in [3.05, 3.63) is 0 Å². The van der Waals surface area contributed by atoms with E-state index in [0.29, 0.717) is 12.6 Å². The van der Waals surface area contributed by atoms with Crippen molar-refractivity contribution >= 4 is 11.8 Å². The summed E-state index contributed by atoms with van der Waals surface area (Å²) in [7, 11) is 0. The predicted octanol–water partition coefficient (Wildman–Crippen LogP) is 0.914. The molecular formula is C11H20N2O2. The molecule has 0 atom stereocenters. The number of amides is 2. The van der Waals surface area contributed by atoms with Crippen LogP contribution in [0, 0.1) is 0 Å². The minimum atomic E-state index is -0.0243. The Labute approximate surface area is 91.0 Å². The number of nitrogens with one attached hydrogen (secondary N) is 1. The number of hydrogen-bond acceptors (Lipinski definition) is 2. The van der Waals surface area contributed by atoms with Crippen LogP contribution in [0.3, 0.4) is 0 Å². The minimum Gasteiger partial charge on any atom is -0.352 e. The van der Waals surface area contributed by atoms with Crippen molar-refractivity contribution in [2.45, 2.75) is 45.6 Å². The molecule has 0 saturated heterocycles. The highest BCUT2D eigenvalue weighted by molar-refractivity contribution is 5.84. The molecule has 1 aliphatic carbocycles. The van der Waals surface area contributed by atoms with Crippen LogP contribution in [0.1, 0.15) is 39.5 Å². The summed E-state index contributed by atoms with van der Waals surface area (Å²) in [6, 6.07) is 0.373. The van der Waals surface area contributed by atoms with E-state index in [-0.39, 0.29) is 18.4 Å². The number of hydrogen-bond donors (Lipinski definition) is 1. The molecule has 0 spiro atoms. The van der Waals surface area contributed by atoms with E-state index in [1.54, 1.807) is 4.90 Å². The quantitative estimate of drug-likeness (QED) is 0.711. The average molecular weight is 212 g/mol. The molecule has 0 unspecified atom stereocenters. The molecule has 1 rings (SSSR count). The summed E-state index contributed by atoms with van der Waals surface area (Å²) >= 11 is 0. The van der Waals surface area contributed by atoms with Crippen LogP contribution in [-0.2, 0) is 9.59 Å². The largest absolute Gasteiger partial charge is 0.352 e. The second-order valence-electron chi connectivity index (χ2n) is 4.14. The molecule has 0 aromatic carbocycles. The molecule has 4 heteroatoms. The molecular weight excluding hydrogens is 192 g/mol. The van der Waals surface area contributed by atoms with Crippen LogP contribution in [0.15, 0.2) is 0 Å². The Hall–Kier alpha value is -1.06. The van der Waals surface area contributed by atoms with Gasteiger partial charge >= 0.3 is 0 Å². The van der Waals surface area contributed by atoms with E-state index in [1.165, 1.54) is 6.92 Å². The summed E-state index contributed by atoms with van der Waals surface area (Å²) in [6.45, 7) is 4.48. The van der Waals surface area contributed by atoms with Crippen LogP contribution >= 0.6 is 0 Å². The third-order valence-corrected chi connectivity index (χ3v) is 2.50. The van der Waals surface area contributed by atoms with Gasteiger partial charge < -0.3 is 10.2 Å². The highest BCUT2D eigenvalue weighted by atomic mass is 16.2. The lowest BCUT2D eigenvalue weighted by molar-refractivity contribution is -0.134. The lowest BCUT2D eigenvalue weighted by atomic mass is 10.3. The van der Waals surface area contributed by atoms with Gasteiger partial charge in [0.05, 0.1) is 6.54 Å². The van der Waals surface area contributed by atoms with Crippen LogP contribution in [0.4, 0.5) is 0 Å². The highest BCUT2D eigenvalue weighted by Crippen LogP contribution is 2.18. The van der Waals surface area contributed by atoms with Crippen LogP contribution in [0.5, 0.6) is 0 Å². The lowest BCUT2D eigenvalue weighted by Gasteiger charge is -2.20. The van der Waals surface area contributed by atoms with Crippen molar-refractivity contribution < 1.29 is 9.59 Å². The first-order valence-electron chi connectivity index (χ1n) is 5.68. The van der Waals surface area contributed by atoms with Crippen molar-refractivity contribution in [3.8, 4) is 0 Å². The Morgan fingerprint density at radius 1 is 1.40 bits per heavy atom. The SMILES string of the molecule is CCCCN(CC(=O)NC1CC1)C(C)=O. The fourth-order valence-corrected chi connectivity index (χ4v) is 1.37. The molecule has 0 heterocycles. The lowest BCUT2D eigenvalue weighted by Crippen LogP contribution is -2.40. The second kappa shape index (κ2) is 5.73. The fraction of sp³-hybridized carbons (Fsp3) is 0.818. The molecule has 1 saturated carbocycles. The Kier molecular flexibility index (Phi) is 4.59. The number of carbonyl (C=O) groups excluding carboxylic acids is 2. The summed E-state index contributed by atoms with van der Waals surface area (Å²) in [5.74, 6) is -0.0433. The average Bonchev–Trinajstić information content (AvgIpc) is 2.95. The van der Waals surface area contributed by atoms with Crippen LogP contribution in [0.2, 0.25) is 0 Å². The van der Waals surface area contributed by atoms with E-state index in [1.807, 2.05) is 0 Å². The maximum Gasteiger partial charge on any atom is 0.239 e. The zero-order valence-corrected chi connectivity index (χ0v) is 9.58. The predicted molar refractivity (Wildman–Crippen MR) is 58.3 cm³/mol. The third kappa shape index (κ3) is 4.81. The Morgan fingerprint density at radius 3 is 2.53 bits per heavy atom. The normalized spacial score (nSPS) is 14.8. The van der Waals surface area contributed by atoms with Gasteiger partial charge in [-0.05, 0) is 19.3 Å². The van der Waals surface area contributed by atoms with Crippen molar-refractivity contribution in [1.29, 1.82) is 0 Å². The van der Waals surface area contributed by atoms with Gasteiger partial charge in [0.2, 0.25) is 11.8 Å². The van der Waals surface area contributed by atoms with Gasteiger partial charge in [-0.1, -0.05) is 13.3 Å². The van der Waals surface area contributed by atoms with E-state index in [0.717, 1.165) is 25.7 Å². The third-order valence-electron chi connectivity index (χ3n) is 2.50. The Balaban J connectivity index is 2.28. The van der Waals surface area contributed by atoms with Gasteiger partial charge in [-0.2, -0.15) is 0 Å². The smallest absolute Gasteiger partial charge is 0.239 e. The first-order chi connectivity index (χ1) is 7.13. The molecule has 0 aliphatic heterocycles. The van der Waals surface area contributed by atoms with Crippen LogP contribution in [-0.4, -0.2) is 35.8 Å². The van der Waals surface area contributed by atoms with Crippen molar-refractivity contribution in [3.63, 3.8) is 0 Å². The Morgan fingerprint density at radius 2 is 2.07 bits per heavy atom. The number of rotatable bonds is 6. The maximum atomic E-state index is 11.5. The standard InChI is InChI=1S/C11H20N2O2/c1-3-4-7-13(9(2)14)8-11(15)12-10-5-6-10/h10H,3-8H2,1-2H3,(H,12,15). The van der Waals surface area contributed by atoms with E-state index in [9.17, 15) is 9.59 Å². The molecule has 2 amide bonds. The zero-order valence-electron chi connectivity index (χ0n) is 9.58. The van der Waals surface area contributed by atoms with Gasteiger partial charge in [-0.3, -0.25) is 9.59 Å². The second-order valence-corrected chi connectivity index (χ2v) is 4.14. The molecule has 15 heavy (non-hydrogen) atoms. The van der Waals surface area contributed by atoms with Gasteiger partial charge in [-0.25, -0.2) is 0 Å². The van der Waals surface area contributed by atoms with Gasteiger partial charge in [0, 0.05) is 19.5 Å². The molecule has 4 nitrogen and oxygen atoms in total. The summed E-state index contributed by atoms with van der Waals surface area (Å²) in [4.78, 5) is 24.3. The first-order valence-corrected chi connectivity index (χ1v) is 5.68. The summed E-state index contributed by atoms with van der Waals surface area (Å²) in [5.41, 5.74) is 0.